The maximum absolute atomic E-state index is 4.70. The number of rotatable bonds is 6. The van der Waals surface area contributed by atoms with E-state index < -0.39 is 0 Å². The molecule has 0 atom stereocenters. The number of nitrogens with one attached hydrogen (secondary N) is 2. The van der Waals surface area contributed by atoms with Gasteiger partial charge in [-0.1, -0.05) is 31.0 Å². The van der Waals surface area contributed by atoms with Crippen molar-refractivity contribution in [3.63, 3.8) is 0 Å². The van der Waals surface area contributed by atoms with Crippen LogP contribution in [0.2, 0.25) is 0 Å². The van der Waals surface area contributed by atoms with Crippen LogP contribution >= 0.6 is 24.0 Å². The first-order valence-electron chi connectivity index (χ1n) is 8.10. The first-order valence-corrected chi connectivity index (χ1v) is 8.10. The zero-order valence-corrected chi connectivity index (χ0v) is 16.0. The van der Waals surface area contributed by atoms with E-state index >= 15 is 0 Å². The number of guanidine groups is 1. The summed E-state index contributed by atoms with van der Waals surface area (Å²) < 4.78 is 0. The number of halogens is 1. The average molecular weight is 416 g/mol. The smallest absolute Gasteiger partial charge is 0.191 e. The molecule has 0 saturated heterocycles. The summed E-state index contributed by atoms with van der Waals surface area (Å²) >= 11 is 0. The average Bonchev–Trinajstić information content (AvgIpc) is 3.01. The van der Waals surface area contributed by atoms with Crippen LogP contribution in [-0.2, 0) is 0 Å². The maximum Gasteiger partial charge on any atom is 0.191 e. The minimum Gasteiger partial charge on any atom is -0.373 e. The highest BCUT2D eigenvalue weighted by Gasteiger charge is 2.15. The molecule has 0 heterocycles. The molecule has 0 bridgehead atoms. The van der Waals surface area contributed by atoms with E-state index in [0.717, 1.165) is 25.6 Å². The molecule has 22 heavy (non-hydrogen) atoms. The molecule has 1 aromatic rings. The number of para-hydroxylation sites is 1. The normalized spacial score (nSPS) is 15.3. The molecule has 124 valence electrons. The first kappa shape index (κ1) is 19.1. The molecule has 0 amide bonds. The third-order valence-corrected chi connectivity index (χ3v) is 3.94. The Kier molecular flexibility index (Phi) is 9.27. The van der Waals surface area contributed by atoms with E-state index in [1.165, 1.54) is 31.4 Å². The van der Waals surface area contributed by atoms with Crippen molar-refractivity contribution in [2.24, 2.45) is 4.99 Å². The molecule has 0 aliphatic heterocycles. The molecule has 0 radical (unpaired) electrons. The molecule has 0 unspecified atom stereocenters. The van der Waals surface area contributed by atoms with Gasteiger partial charge >= 0.3 is 0 Å². The predicted molar refractivity (Wildman–Crippen MR) is 106 cm³/mol. The quantitative estimate of drug-likeness (QED) is 0.425. The summed E-state index contributed by atoms with van der Waals surface area (Å²) in [6.07, 6.45) is 5.23. The lowest BCUT2D eigenvalue weighted by molar-refractivity contribution is 0.614. The molecule has 2 N–H and O–H groups in total. The van der Waals surface area contributed by atoms with E-state index in [2.05, 4.69) is 53.8 Å². The Morgan fingerprint density at radius 1 is 1.23 bits per heavy atom. The minimum absolute atomic E-state index is 0. The van der Waals surface area contributed by atoms with Crippen LogP contribution in [0.4, 0.5) is 5.69 Å². The lowest BCUT2D eigenvalue weighted by Crippen LogP contribution is -2.42. The van der Waals surface area contributed by atoms with E-state index in [4.69, 9.17) is 4.99 Å². The topological polar surface area (TPSA) is 39.7 Å². The highest BCUT2D eigenvalue weighted by atomic mass is 127. The van der Waals surface area contributed by atoms with Gasteiger partial charge in [0, 0.05) is 31.9 Å². The number of aliphatic imine (C=N–C) groups is 1. The van der Waals surface area contributed by atoms with Crippen molar-refractivity contribution < 1.29 is 0 Å². The third kappa shape index (κ3) is 6.42. The second-order valence-corrected chi connectivity index (χ2v) is 5.64. The van der Waals surface area contributed by atoms with Crippen LogP contribution in [0, 0.1) is 0 Å². The summed E-state index contributed by atoms with van der Waals surface area (Å²) in [6, 6.07) is 11.1. The first-order chi connectivity index (χ1) is 10.3. The standard InChI is InChI=1S/C17H28N4.HI/c1-3-18-17(20-15-9-7-8-10-15)19-13-14-21(2)16-11-5-4-6-12-16;/h4-6,11-12,15H,3,7-10,13-14H2,1-2H3,(H2,18,19,20);1H. The molecule has 2 rings (SSSR count). The Morgan fingerprint density at radius 3 is 2.55 bits per heavy atom. The molecule has 0 spiro atoms. The summed E-state index contributed by atoms with van der Waals surface area (Å²) in [4.78, 5) is 6.93. The van der Waals surface area contributed by atoms with Gasteiger partial charge in [0.1, 0.15) is 0 Å². The predicted octanol–water partition coefficient (Wildman–Crippen LogP) is 3.24. The largest absolute Gasteiger partial charge is 0.373 e. The fourth-order valence-corrected chi connectivity index (χ4v) is 2.71. The van der Waals surface area contributed by atoms with Gasteiger partial charge in [0.05, 0.1) is 6.54 Å². The van der Waals surface area contributed by atoms with Crippen LogP contribution in [-0.4, -0.2) is 38.7 Å². The molecular formula is C17H29IN4. The Labute approximate surface area is 151 Å². The molecule has 1 aliphatic rings. The van der Waals surface area contributed by atoms with Crippen LogP contribution in [0.5, 0.6) is 0 Å². The van der Waals surface area contributed by atoms with Gasteiger partial charge < -0.3 is 15.5 Å². The number of nitrogens with zero attached hydrogens (tertiary/aromatic N) is 2. The van der Waals surface area contributed by atoms with Crippen molar-refractivity contribution in [3.8, 4) is 0 Å². The van der Waals surface area contributed by atoms with Crippen LogP contribution in [0.1, 0.15) is 32.6 Å². The van der Waals surface area contributed by atoms with Crippen molar-refractivity contribution in [1.82, 2.24) is 10.6 Å². The van der Waals surface area contributed by atoms with Gasteiger partial charge in [-0.3, -0.25) is 4.99 Å². The van der Waals surface area contributed by atoms with Crippen molar-refractivity contribution in [2.75, 3.05) is 31.6 Å². The van der Waals surface area contributed by atoms with Gasteiger partial charge in [0.25, 0.3) is 0 Å². The van der Waals surface area contributed by atoms with E-state index in [-0.39, 0.29) is 24.0 Å². The maximum atomic E-state index is 4.70. The molecule has 1 aromatic carbocycles. The van der Waals surface area contributed by atoms with Crippen LogP contribution in [0.15, 0.2) is 35.3 Å². The lowest BCUT2D eigenvalue weighted by atomic mass is 10.2. The van der Waals surface area contributed by atoms with Crippen LogP contribution in [0.3, 0.4) is 0 Å². The fraction of sp³-hybridized carbons (Fsp3) is 0.588. The number of hydrogen-bond donors (Lipinski definition) is 2. The van der Waals surface area contributed by atoms with Gasteiger partial charge in [0.15, 0.2) is 5.96 Å². The Hall–Kier alpha value is -0.980. The second-order valence-electron chi connectivity index (χ2n) is 5.64. The molecule has 1 aliphatic carbocycles. The zero-order chi connectivity index (χ0) is 14.9. The van der Waals surface area contributed by atoms with E-state index in [1.54, 1.807) is 0 Å². The lowest BCUT2D eigenvalue weighted by Gasteiger charge is -2.19. The molecule has 5 heteroatoms. The summed E-state index contributed by atoms with van der Waals surface area (Å²) in [5.74, 6) is 0.964. The molecular weight excluding hydrogens is 387 g/mol. The zero-order valence-electron chi connectivity index (χ0n) is 13.7. The van der Waals surface area contributed by atoms with Crippen molar-refractivity contribution in [3.05, 3.63) is 30.3 Å². The molecule has 4 nitrogen and oxygen atoms in total. The summed E-state index contributed by atoms with van der Waals surface area (Å²) in [5, 5.41) is 6.89. The van der Waals surface area contributed by atoms with Gasteiger partial charge in [-0.25, -0.2) is 0 Å². The highest BCUT2D eigenvalue weighted by Crippen LogP contribution is 2.17. The van der Waals surface area contributed by atoms with Crippen LogP contribution < -0.4 is 15.5 Å². The fourth-order valence-electron chi connectivity index (χ4n) is 2.71. The van der Waals surface area contributed by atoms with E-state index in [9.17, 15) is 0 Å². The van der Waals surface area contributed by atoms with Gasteiger partial charge in [-0.2, -0.15) is 0 Å². The summed E-state index contributed by atoms with van der Waals surface area (Å²) in [5.41, 5.74) is 1.24. The number of benzene rings is 1. The second kappa shape index (κ2) is 10.7. The SMILES string of the molecule is CCNC(=NCCN(C)c1ccccc1)NC1CCCC1.I. The molecule has 1 fully saturated rings. The summed E-state index contributed by atoms with van der Waals surface area (Å²) in [7, 11) is 2.11. The number of anilines is 1. The number of likely N-dealkylation sites (N-methyl/N-ethyl adjacent to an activating group) is 1. The van der Waals surface area contributed by atoms with Crippen molar-refractivity contribution in [1.29, 1.82) is 0 Å². The van der Waals surface area contributed by atoms with E-state index in [1.807, 2.05) is 6.07 Å². The Morgan fingerprint density at radius 2 is 1.91 bits per heavy atom. The minimum atomic E-state index is 0. The van der Waals surface area contributed by atoms with Gasteiger partial charge in [-0.05, 0) is 31.9 Å². The van der Waals surface area contributed by atoms with E-state index in [0.29, 0.717) is 6.04 Å². The molecule has 1 saturated carbocycles. The number of hydrogen-bond acceptors (Lipinski definition) is 2. The Bertz CT molecular complexity index is 430. The van der Waals surface area contributed by atoms with Gasteiger partial charge in [0.2, 0.25) is 0 Å². The monoisotopic (exact) mass is 416 g/mol. The van der Waals surface area contributed by atoms with Crippen LogP contribution in [0.25, 0.3) is 0 Å². The third-order valence-electron chi connectivity index (χ3n) is 3.94. The Balaban J connectivity index is 0.00000242. The van der Waals surface area contributed by atoms with Crippen molar-refractivity contribution >= 4 is 35.6 Å². The van der Waals surface area contributed by atoms with Crippen molar-refractivity contribution in [2.45, 2.75) is 38.6 Å². The highest BCUT2D eigenvalue weighted by molar-refractivity contribution is 14.0. The molecule has 0 aromatic heterocycles. The summed E-state index contributed by atoms with van der Waals surface area (Å²) in [6.45, 7) is 4.74. The van der Waals surface area contributed by atoms with Gasteiger partial charge in [-0.15, -0.1) is 24.0 Å².